The second kappa shape index (κ2) is 8.32. The summed E-state index contributed by atoms with van der Waals surface area (Å²) in [6.45, 7) is 4.50. The third kappa shape index (κ3) is 3.87. The minimum Gasteiger partial charge on any atom is -0.477 e. The van der Waals surface area contributed by atoms with Gasteiger partial charge in [0.1, 0.15) is 5.82 Å². The highest BCUT2D eigenvalue weighted by Crippen LogP contribution is 2.25. The van der Waals surface area contributed by atoms with Gasteiger partial charge in [-0.3, -0.25) is 4.79 Å². The van der Waals surface area contributed by atoms with Crippen LogP contribution in [0.2, 0.25) is 0 Å². The van der Waals surface area contributed by atoms with Crippen molar-refractivity contribution in [3.05, 3.63) is 83.3 Å². The van der Waals surface area contributed by atoms with Crippen LogP contribution in [0.4, 0.5) is 4.39 Å². The molecule has 2 heterocycles. The molecule has 2 aromatic heterocycles. The smallest absolute Gasteiger partial charge is 0.254 e. The lowest BCUT2D eigenvalue weighted by atomic mass is 10.1. The molecule has 0 radical (unpaired) electrons. The Morgan fingerprint density at radius 2 is 1.87 bits per heavy atom. The number of benzene rings is 2. The predicted molar refractivity (Wildman–Crippen MR) is 112 cm³/mol. The zero-order valence-electron chi connectivity index (χ0n) is 16.7. The summed E-state index contributed by atoms with van der Waals surface area (Å²) in [5.41, 5.74) is 4.04. The maximum atomic E-state index is 14.0. The van der Waals surface area contributed by atoms with Crippen LogP contribution in [-0.2, 0) is 6.54 Å². The molecule has 0 fully saturated rings. The van der Waals surface area contributed by atoms with Crippen LogP contribution in [0.15, 0.2) is 60.7 Å². The maximum Gasteiger partial charge on any atom is 0.254 e. The Balaban J connectivity index is 1.74. The number of rotatable bonds is 6. The fraction of sp³-hybridized carbons (Fsp3) is 0.174. The molecule has 0 aliphatic heterocycles. The van der Waals surface area contributed by atoms with Gasteiger partial charge in [-0.15, -0.1) is 5.10 Å². The Morgan fingerprint density at radius 3 is 2.60 bits per heavy atom. The van der Waals surface area contributed by atoms with Crippen molar-refractivity contribution in [2.24, 2.45) is 0 Å². The normalized spacial score (nSPS) is 10.9. The standard InChI is InChI=1S/C23H21FN4O2/c1-3-30-21-13-12-20-26-22(16-10-8-15(2)9-11-16)19(28(20)27-21)14-25-23(29)17-6-4-5-7-18(17)24/h4-13H,3,14H2,1-2H3,(H,25,29). The summed E-state index contributed by atoms with van der Waals surface area (Å²) in [5, 5.41) is 7.29. The van der Waals surface area contributed by atoms with Crippen molar-refractivity contribution in [3.63, 3.8) is 0 Å². The molecule has 0 spiro atoms. The van der Waals surface area contributed by atoms with E-state index in [0.717, 1.165) is 11.1 Å². The zero-order valence-corrected chi connectivity index (χ0v) is 16.7. The number of hydrogen-bond donors (Lipinski definition) is 1. The molecule has 4 rings (SSSR count). The molecule has 1 amide bonds. The second-order valence-electron chi connectivity index (χ2n) is 6.81. The predicted octanol–water partition coefficient (Wildman–Crippen LogP) is 4.17. The van der Waals surface area contributed by atoms with Crippen LogP contribution in [0.25, 0.3) is 16.9 Å². The molecule has 0 saturated heterocycles. The van der Waals surface area contributed by atoms with E-state index in [0.29, 0.717) is 29.5 Å². The van der Waals surface area contributed by atoms with Crippen LogP contribution in [0.3, 0.4) is 0 Å². The van der Waals surface area contributed by atoms with E-state index >= 15 is 0 Å². The number of amides is 1. The van der Waals surface area contributed by atoms with E-state index in [4.69, 9.17) is 9.72 Å². The van der Waals surface area contributed by atoms with E-state index in [9.17, 15) is 9.18 Å². The van der Waals surface area contributed by atoms with Crippen molar-refractivity contribution in [1.29, 1.82) is 0 Å². The van der Waals surface area contributed by atoms with Gasteiger partial charge < -0.3 is 10.1 Å². The summed E-state index contributed by atoms with van der Waals surface area (Å²) in [5.74, 6) is -0.609. The average Bonchev–Trinajstić information content (AvgIpc) is 3.11. The van der Waals surface area contributed by atoms with E-state index in [-0.39, 0.29) is 12.1 Å². The van der Waals surface area contributed by atoms with Crippen molar-refractivity contribution in [3.8, 4) is 17.1 Å². The van der Waals surface area contributed by atoms with Gasteiger partial charge in [-0.05, 0) is 32.0 Å². The molecule has 0 bridgehead atoms. The lowest BCUT2D eigenvalue weighted by Gasteiger charge is -2.09. The van der Waals surface area contributed by atoms with Gasteiger partial charge in [0, 0.05) is 11.6 Å². The van der Waals surface area contributed by atoms with Crippen LogP contribution in [0.1, 0.15) is 28.5 Å². The Bertz CT molecular complexity index is 1200. The van der Waals surface area contributed by atoms with Gasteiger partial charge in [0.25, 0.3) is 5.91 Å². The highest BCUT2D eigenvalue weighted by molar-refractivity contribution is 5.94. The Labute approximate surface area is 173 Å². The molecule has 7 heteroatoms. The first-order chi connectivity index (χ1) is 14.6. The van der Waals surface area contributed by atoms with Crippen LogP contribution in [0, 0.1) is 12.7 Å². The number of imidazole rings is 1. The van der Waals surface area contributed by atoms with E-state index in [1.165, 1.54) is 12.1 Å². The molecule has 0 unspecified atom stereocenters. The molecule has 0 atom stereocenters. The van der Waals surface area contributed by atoms with Crippen LogP contribution in [0.5, 0.6) is 5.88 Å². The van der Waals surface area contributed by atoms with Crippen molar-refractivity contribution in [2.45, 2.75) is 20.4 Å². The van der Waals surface area contributed by atoms with E-state index in [1.54, 1.807) is 22.7 Å². The van der Waals surface area contributed by atoms with Gasteiger partial charge in [-0.25, -0.2) is 13.9 Å². The van der Waals surface area contributed by atoms with Crippen molar-refractivity contribution in [2.75, 3.05) is 6.61 Å². The molecule has 6 nitrogen and oxygen atoms in total. The van der Waals surface area contributed by atoms with Gasteiger partial charge in [0.2, 0.25) is 5.88 Å². The highest BCUT2D eigenvalue weighted by atomic mass is 19.1. The van der Waals surface area contributed by atoms with Crippen LogP contribution < -0.4 is 10.1 Å². The third-order valence-corrected chi connectivity index (χ3v) is 4.70. The quantitative estimate of drug-likeness (QED) is 0.524. The first-order valence-corrected chi connectivity index (χ1v) is 9.68. The number of carbonyl (C=O) groups excluding carboxylic acids is 1. The third-order valence-electron chi connectivity index (χ3n) is 4.70. The largest absolute Gasteiger partial charge is 0.477 e. The summed E-state index contributed by atoms with van der Waals surface area (Å²) in [7, 11) is 0. The monoisotopic (exact) mass is 404 g/mol. The summed E-state index contributed by atoms with van der Waals surface area (Å²) in [6, 6.07) is 17.4. The lowest BCUT2D eigenvalue weighted by Crippen LogP contribution is -2.25. The number of halogens is 1. The number of fused-ring (bicyclic) bond motifs is 1. The summed E-state index contributed by atoms with van der Waals surface area (Å²) < 4.78 is 21.1. The lowest BCUT2D eigenvalue weighted by molar-refractivity contribution is 0.0946. The SMILES string of the molecule is CCOc1ccc2nc(-c3ccc(C)cc3)c(CNC(=O)c3ccccc3F)n2n1. The van der Waals surface area contributed by atoms with Gasteiger partial charge in [-0.1, -0.05) is 42.0 Å². The van der Waals surface area contributed by atoms with Crippen LogP contribution >= 0.6 is 0 Å². The molecule has 152 valence electrons. The molecular formula is C23H21FN4O2. The Hall–Kier alpha value is -3.74. The highest BCUT2D eigenvalue weighted by Gasteiger charge is 2.18. The van der Waals surface area contributed by atoms with E-state index in [2.05, 4.69) is 10.4 Å². The molecular weight excluding hydrogens is 383 g/mol. The number of aryl methyl sites for hydroxylation is 1. The zero-order chi connectivity index (χ0) is 21.1. The number of nitrogens with zero attached hydrogens (tertiary/aromatic N) is 3. The maximum absolute atomic E-state index is 14.0. The topological polar surface area (TPSA) is 68.5 Å². The first-order valence-electron chi connectivity index (χ1n) is 9.68. The molecule has 30 heavy (non-hydrogen) atoms. The minimum absolute atomic E-state index is 0.00817. The van der Waals surface area contributed by atoms with Crippen molar-refractivity contribution < 1.29 is 13.9 Å². The second-order valence-corrected chi connectivity index (χ2v) is 6.81. The van der Waals surface area contributed by atoms with E-state index < -0.39 is 11.7 Å². The molecule has 0 aliphatic carbocycles. The van der Waals surface area contributed by atoms with Crippen molar-refractivity contribution >= 4 is 11.6 Å². The number of aromatic nitrogens is 3. The fourth-order valence-corrected chi connectivity index (χ4v) is 3.19. The van der Waals surface area contributed by atoms with Gasteiger partial charge in [0.15, 0.2) is 5.65 Å². The summed E-state index contributed by atoms with van der Waals surface area (Å²) in [6.07, 6.45) is 0. The Kier molecular flexibility index (Phi) is 5.43. The fourth-order valence-electron chi connectivity index (χ4n) is 3.19. The Morgan fingerprint density at radius 1 is 1.10 bits per heavy atom. The number of ether oxygens (including phenoxy) is 1. The minimum atomic E-state index is -0.566. The van der Waals surface area contributed by atoms with Crippen molar-refractivity contribution in [1.82, 2.24) is 19.9 Å². The number of carbonyl (C=O) groups is 1. The van der Waals surface area contributed by atoms with Gasteiger partial charge >= 0.3 is 0 Å². The molecule has 4 aromatic rings. The van der Waals surface area contributed by atoms with E-state index in [1.807, 2.05) is 44.2 Å². The van der Waals surface area contributed by atoms with Crippen LogP contribution in [-0.4, -0.2) is 27.1 Å². The molecule has 2 aromatic carbocycles. The molecule has 0 aliphatic rings. The van der Waals surface area contributed by atoms with Gasteiger partial charge in [0.05, 0.1) is 30.1 Å². The number of hydrogen-bond acceptors (Lipinski definition) is 4. The van der Waals surface area contributed by atoms with Gasteiger partial charge in [-0.2, -0.15) is 0 Å². The average molecular weight is 404 g/mol. The first kappa shape index (κ1) is 19.6. The summed E-state index contributed by atoms with van der Waals surface area (Å²) in [4.78, 5) is 17.2. The number of nitrogens with one attached hydrogen (secondary N) is 1. The summed E-state index contributed by atoms with van der Waals surface area (Å²) >= 11 is 0. The molecule has 1 N–H and O–H groups in total. The molecule has 0 saturated carbocycles.